The second kappa shape index (κ2) is 7.50. The molecule has 1 aromatic carbocycles. The van der Waals surface area contributed by atoms with E-state index in [9.17, 15) is 0 Å². The number of unbranched alkanes of at least 4 members (excludes halogenated alkanes) is 3. The Labute approximate surface area is 106 Å². The fourth-order valence-electron chi connectivity index (χ4n) is 2.61. The van der Waals surface area contributed by atoms with Crippen molar-refractivity contribution in [3.8, 4) is 0 Å². The molecule has 0 saturated heterocycles. The lowest BCUT2D eigenvalue weighted by molar-refractivity contribution is 0.646. The average molecular weight is 233 g/mol. The van der Waals surface area contributed by atoms with Crippen LogP contribution in [0.5, 0.6) is 0 Å². The zero-order valence-corrected chi connectivity index (χ0v) is 11.7. The fraction of sp³-hybridized carbons (Fsp3) is 0.625. The van der Waals surface area contributed by atoms with Gasteiger partial charge in [-0.25, -0.2) is 0 Å². The van der Waals surface area contributed by atoms with Crippen molar-refractivity contribution in [3.63, 3.8) is 0 Å². The zero-order chi connectivity index (χ0) is 12.7. The Morgan fingerprint density at radius 2 is 1.53 bits per heavy atom. The highest BCUT2D eigenvalue weighted by Crippen LogP contribution is 2.19. The molecule has 1 rings (SSSR count). The number of hydrogen-bond donors (Lipinski definition) is 1. The van der Waals surface area contributed by atoms with Gasteiger partial charge in [-0.05, 0) is 68.3 Å². The molecule has 0 bridgehead atoms. The van der Waals surface area contributed by atoms with Gasteiger partial charge < -0.3 is 5.73 Å². The highest BCUT2D eigenvalue weighted by molar-refractivity contribution is 5.37. The maximum Gasteiger partial charge on any atom is -0.00773 e. The maximum atomic E-state index is 5.49. The predicted octanol–water partition coefficient (Wildman–Crippen LogP) is 3.93. The van der Waals surface area contributed by atoms with Crippen molar-refractivity contribution in [2.45, 2.75) is 59.3 Å². The Morgan fingerprint density at radius 1 is 0.941 bits per heavy atom. The summed E-state index contributed by atoms with van der Waals surface area (Å²) in [7, 11) is 0. The summed E-state index contributed by atoms with van der Waals surface area (Å²) in [4.78, 5) is 0. The van der Waals surface area contributed by atoms with Crippen LogP contribution in [0, 0.1) is 13.8 Å². The Balaban J connectivity index is 2.49. The first kappa shape index (κ1) is 14.2. The van der Waals surface area contributed by atoms with E-state index in [4.69, 9.17) is 5.73 Å². The summed E-state index contributed by atoms with van der Waals surface area (Å²) in [5, 5.41) is 0. The number of rotatable bonds is 7. The molecule has 1 aromatic rings. The quantitative estimate of drug-likeness (QED) is 0.710. The van der Waals surface area contributed by atoms with Crippen molar-refractivity contribution in [2.24, 2.45) is 5.73 Å². The van der Waals surface area contributed by atoms with Crippen LogP contribution in [0.4, 0.5) is 0 Å². The maximum absolute atomic E-state index is 5.49. The van der Waals surface area contributed by atoms with Crippen molar-refractivity contribution >= 4 is 0 Å². The molecule has 0 radical (unpaired) electrons. The summed E-state index contributed by atoms with van der Waals surface area (Å²) >= 11 is 0. The van der Waals surface area contributed by atoms with E-state index in [1.54, 1.807) is 0 Å². The van der Waals surface area contributed by atoms with Gasteiger partial charge in [0.05, 0.1) is 0 Å². The van der Waals surface area contributed by atoms with E-state index >= 15 is 0 Å². The Morgan fingerprint density at radius 3 is 2.06 bits per heavy atom. The van der Waals surface area contributed by atoms with Crippen molar-refractivity contribution in [2.75, 3.05) is 6.54 Å². The highest BCUT2D eigenvalue weighted by Gasteiger charge is 2.03. The van der Waals surface area contributed by atoms with Gasteiger partial charge in [0, 0.05) is 0 Å². The van der Waals surface area contributed by atoms with Gasteiger partial charge in [0.15, 0.2) is 0 Å². The first-order valence-electron chi connectivity index (χ1n) is 6.98. The first-order chi connectivity index (χ1) is 8.19. The Bertz CT molecular complexity index is 318. The molecule has 1 heteroatoms. The molecule has 1 nitrogen and oxygen atoms in total. The minimum atomic E-state index is 0.837. The van der Waals surface area contributed by atoms with E-state index in [-0.39, 0.29) is 0 Å². The molecule has 0 aromatic heterocycles. The van der Waals surface area contributed by atoms with E-state index in [0.29, 0.717) is 0 Å². The molecule has 0 aliphatic heterocycles. The van der Waals surface area contributed by atoms with Crippen molar-refractivity contribution in [1.82, 2.24) is 0 Å². The van der Waals surface area contributed by atoms with Gasteiger partial charge in [0.1, 0.15) is 0 Å². The Hall–Kier alpha value is -0.820. The van der Waals surface area contributed by atoms with Crippen LogP contribution in [0.25, 0.3) is 0 Å². The molecule has 96 valence electrons. The van der Waals surface area contributed by atoms with Crippen LogP contribution >= 0.6 is 0 Å². The molecule has 0 aliphatic carbocycles. The largest absolute Gasteiger partial charge is 0.330 e. The second-order valence-electron chi connectivity index (χ2n) is 5.01. The second-order valence-corrected chi connectivity index (χ2v) is 5.01. The smallest absolute Gasteiger partial charge is 0.00773 e. The molecule has 0 amide bonds. The van der Waals surface area contributed by atoms with Crippen LogP contribution in [0.3, 0.4) is 0 Å². The molecule has 17 heavy (non-hydrogen) atoms. The highest BCUT2D eigenvalue weighted by atomic mass is 14.5. The van der Waals surface area contributed by atoms with E-state index in [0.717, 1.165) is 13.0 Å². The lowest BCUT2D eigenvalue weighted by atomic mass is 9.95. The number of hydrogen-bond acceptors (Lipinski definition) is 1. The van der Waals surface area contributed by atoms with Crippen LogP contribution in [0.1, 0.15) is 54.9 Å². The van der Waals surface area contributed by atoms with E-state index in [1.165, 1.54) is 54.4 Å². The molecule has 0 spiro atoms. The van der Waals surface area contributed by atoms with Crippen LogP contribution in [-0.2, 0) is 12.8 Å². The Kier molecular flexibility index (Phi) is 6.28. The monoisotopic (exact) mass is 233 g/mol. The topological polar surface area (TPSA) is 26.0 Å². The summed E-state index contributed by atoms with van der Waals surface area (Å²) < 4.78 is 0. The third kappa shape index (κ3) is 4.51. The molecule has 0 atom stereocenters. The third-order valence-corrected chi connectivity index (χ3v) is 3.53. The van der Waals surface area contributed by atoms with Crippen LogP contribution in [-0.4, -0.2) is 6.54 Å². The predicted molar refractivity (Wildman–Crippen MR) is 76.5 cm³/mol. The van der Waals surface area contributed by atoms with E-state index in [2.05, 4.69) is 32.9 Å². The van der Waals surface area contributed by atoms with Crippen LogP contribution in [0.15, 0.2) is 12.1 Å². The van der Waals surface area contributed by atoms with Crippen LogP contribution in [0.2, 0.25) is 0 Å². The molecular weight excluding hydrogens is 206 g/mol. The molecule has 0 fully saturated rings. The SMILES string of the molecule is CCc1c(C)cc(CCCCCCN)cc1C. The normalized spacial score (nSPS) is 10.8. The molecule has 0 unspecified atom stereocenters. The first-order valence-corrected chi connectivity index (χ1v) is 6.98. The van der Waals surface area contributed by atoms with Crippen molar-refractivity contribution in [3.05, 3.63) is 34.4 Å². The molecular formula is C16H27N. The standard InChI is InChI=1S/C16H27N/c1-4-16-13(2)11-15(12-14(16)3)9-7-5-6-8-10-17/h11-12H,4-10,17H2,1-3H3. The van der Waals surface area contributed by atoms with Gasteiger partial charge in [0.2, 0.25) is 0 Å². The van der Waals surface area contributed by atoms with Gasteiger partial charge >= 0.3 is 0 Å². The fourth-order valence-corrected chi connectivity index (χ4v) is 2.61. The minimum absolute atomic E-state index is 0.837. The summed E-state index contributed by atoms with van der Waals surface area (Å²) in [6.45, 7) is 7.55. The molecule has 0 saturated carbocycles. The number of nitrogens with two attached hydrogens (primary N) is 1. The summed E-state index contributed by atoms with van der Waals surface area (Å²) in [6.07, 6.45) is 7.42. The van der Waals surface area contributed by atoms with Gasteiger partial charge in [-0.3, -0.25) is 0 Å². The summed E-state index contributed by atoms with van der Waals surface area (Å²) in [5.74, 6) is 0. The third-order valence-electron chi connectivity index (χ3n) is 3.53. The summed E-state index contributed by atoms with van der Waals surface area (Å²) in [5.41, 5.74) is 11.4. The lowest BCUT2D eigenvalue weighted by Crippen LogP contribution is -1.98. The molecule has 2 N–H and O–H groups in total. The summed E-state index contributed by atoms with van der Waals surface area (Å²) in [6, 6.07) is 4.74. The minimum Gasteiger partial charge on any atom is -0.330 e. The van der Waals surface area contributed by atoms with E-state index < -0.39 is 0 Å². The lowest BCUT2D eigenvalue weighted by Gasteiger charge is -2.11. The van der Waals surface area contributed by atoms with Crippen LogP contribution < -0.4 is 5.73 Å². The van der Waals surface area contributed by atoms with Crippen molar-refractivity contribution in [1.29, 1.82) is 0 Å². The number of aryl methyl sites for hydroxylation is 3. The van der Waals surface area contributed by atoms with Gasteiger partial charge in [-0.1, -0.05) is 31.9 Å². The number of benzene rings is 1. The van der Waals surface area contributed by atoms with E-state index in [1.807, 2.05) is 0 Å². The van der Waals surface area contributed by atoms with Gasteiger partial charge in [-0.15, -0.1) is 0 Å². The van der Waals surface area contributed by atoms with Gasteiger partial charge in [-0.2, -0.15) is 0 Å². The van der Waals surface area contributed by atoms with Gasteiger partial charge in [0.25, 0.3) is 0 Å². The average Bonchev–Trinajstić information content (AvgIpc) is 2.28. The molecule has 0 heterocycles. The molecule has 0 aliphatic rings. The van der Waals surface area contributed by atoms with Crippen molar-refractivity contribution < 1.29 is 0 Å². The zero-order valence-electron chi connectivity index (χ0n) is 11.7.